The van der Waals surface area contributed by atoms with Crippen LogP contribution in [0.15, 0.2) is 90.1 Å². The second kappa shape index (κ2) is 10.3. The number of thiazole rings is 1. The van der Waals surface area contributed by atoms with Gasteiger partial charge in [-0.1, -0.05) is 42.5 Å². The van der Waals surface area contributed by atoms with Gasteiger partial charge in [-0.3, -0.25) is 18.9 Å². The molecule has 3 aromatic heterocycles. The Morgan fingerprint density at radius 2 is 1.85 bits per heavy atom. The molecule has 1 unspecified atom stereocenters. The number of Topliss-reactive ketones (excluding diaryl/α,β-unsaturated/α-hetero) is 1. The minimum absolute atomic E-state index is 0.0611. The Labute approximate surface area is 233 Å². The van der Waals surface area contributed by atoms with E-state index in [-0.39, 0.29) is 11.3 Å². The fraction of sp³-hybridized carbons (Fsp3) is 0.133. The van der Waals surface area contributed by atoms with Crippen molar-refractivity contribution in [1.29, 1.82) is 0 Å². The average Bonchev–Trinajstić information content (AvgIpc) is 3.68. The van der Waals surface area contributed by atoms with Crippen LogP contribution in [0.4, 0.5) is 5.13 Å². The van der Waals surface area contributed by atoms with E-state index in [9.17, 15) is 14.7 Å². The van der Waals surface area contributed by atoms with Crippen molar-refractivity contribution in [3.63, 3.8) is 0 Å². The average molecular weight is 553 g/mol. The van der Waals surface area contributed by atoms with E-state index in [1.807, 2.05) is 36.4 Å². The minimum atomic E-state index is -0.961. The van der Waals surface area contributed by atoms with Gasteiger partial charge in [0.05, 0.1) is 24.4 Å². The number of carbonyl (C=O) groups excluding carboxylic acids is 2. The number of fused-ring (bicyclic) bond motifs is 1. The molecule has 1 aliphatic heterocycles. The molecule has 1 atom stereocenters. The largest absolute Gasteiger partial charge is 0.505 e. The summed E-state index contributed by atoms with van der Waals surface area (Å²) in [5.74, 6) is -0.993. The highest BCUT2D eigenvalue weighted by Crippen LogP contribution is 2.45. The Morgan fingerprint density at radius 1 is 1.05 bits per heavy atom. The van der Waals surface area contributed by atoms with Gasteiger partial charge < -0.3 is 14.6 Å². The first-order valence-corrected chi connectivity index (χ1v) is 13.3. The summed E-state index contributed by atoms with van der Waals surface area (Å²) in [4.78, 5) is 37.1. The number of anilines is 1. The molecule has 10 heteroatoms. The number of methoxy groups -OCH3 is 1. The molecule has 4 heterocycles. The Hall–Kier alpha value is -4.96. The quantitative estimate of drug-likeness (QED) is 0.166. The van der Waals surface area contributed by atoms with Crippen molar-refractivity contribution in [2.75, 3.05) is 12.0 Å². The van der Waals surface area contributed by atoms with Crippen molar-refractivity contribution in [3.8, 4) is 11.5 Å². The molecule has 0 radical (unpaired) electrons. The van der Waals surface area contributed by atoms with Gasteiger partial charge in [0.1, 0.15) is 17.9 Å². The van der Waals surface area contributed by atoms with Gasteiger partial charge >= 0.3 is 5.91 Å². The van der Waals surface area contributed by atoms with E-state index in [0.29, 0.717) is 45.8 Å². The zero-order valence-electron chi connectivity index (χ0n) is 21.6. The number of hydrogen-bond acceptors (Lipinski definition) is 8. The van der Waals surface area contributed by atoms with E-state index < -0.39 is 17.7 Å². The summed E-state index contributed by atoms with van der Waals surface area (Å²) >= 11 is 1.22. The summed E-state index contributed by atoms with van der Waals surface area (Å²) in [6.45, 7) is 2.08. The van der Waals surface area contributed by atoms with Crippen molar-refractivity contribution < 1.29 is 24.2 Å². The van der Waals surface area contributed by atoms with Crippen LogP contribution in [0.25, 0.3) is 11.4 Å². The zero-order chi connectivity index (χ0) is 27.8. The van der Waals surface area contributed by atoms with E-state index in [4.69, 9.17) is 9.47 Å². The zero-order valence-corrected chi connectivity index (χ0v) is 22.5. The number of ketones is 1. The van der Waals surface area contributed by atoms with Crippen LogP contribution < -0.4 is 14.4 Å². The SMILES string of the molecule is COc1cc(C2/C(=C(\O)c3c(C)nc4ccccn34)C(=O)C(=O)N2c2nccs2)ccc1OCc1ccccc1. The summed E-state index contributed by atoms with van der Waals surface area (Å²) in [6, 6.07) is 19.4. The van der Waals surface area contributed by atoms with Crippen LogP contribution in [-0.4, -0.2) is 38.3 Å². The monoisotopic (exact) mass is 552 g/mol. The summed E-state index contributed by atoms with van der Waals surface area (Å²) in [5, 5.41) is 13.7. The van der Waals surface area contributed by atoms with Crippen LogP contribution in [-0.2, 0) is 16.2 Å². The maximum Gasteiger partial charge on any atom is 0.301 e. The number of aliphatic hydroxyl groups excluding tert-OH is 1. The number of benzene rings is 2. The molecular weight excluding hydrogens is 528 g/mol. The number of rotatable bonds is 7. The third-order valence-electron chi connectivity index (χ3n) is 6.74. The van der Waals surface area contributed by atoms with Crippen LogP contribution in [0.2, 0.25) is 0 Å². The fourth-order valence-electron chi connectivity index (χ4n) is 4.92. The Morgan fingerprint density at radius 3 is 2.60 bits per heavy atom. The lowest BCUT2D eigenvalue weighted by atomic mass is 9.96. The van der Waals surface area contributed by atoms with E-state index in [2.05, 4.69) is 9.97 Å². The lowest BCUT2D eigenvalue weighted by molar-refractivity contribution is -0.132. The maximum absolute atomic E-state index is 13.5. The number of pyridine rings is 1. The molecule has 0 spiro atoms. The van der Waals surface area contributed by atoms with E-state index >= 15 is 0 Å². The molecule has 40 heavy (non-hydrogen) atoms. The summed E-state index contributed by atoms with van der Waals surface area (Å²) in [5.41, 5.74) is 2.95. The molecule has 1 fully saturated rings. The van der Waals surface area contributed by atoms with Crippen LogP contribution in [0, 0.1) is 6.92 Å². The highest BCUT2D eigenvalue weighted by atomic mass is 32.1. The number of ether oxygens (including phenoxy) is 2. The van der Waals surface area contributed by atoms with Crippen LogP contribution in [0.1, 0.15) is 28.6 Å². The Kier molecular flexibility index (Phi) is 6.53. The van der Waals surface area contributed by atoms with Crippen molar-refractivity contribution in [3.05, 3.63) is 113 Å². The van der Waals surface area contributed by atoms with Gasteiger partial charge in [0.25, 0.3) is 5.78 Å². The highest BCUT2D eigenvalue weighted by Gasteiger charge is 2.48. The summed E-state index contributed by atoms with van der Waals surface area (Å²) < 4.78 is 13.3. The number of carbonyl (C=O) groups is 2. The van der Waals surface area contributed by atoms with E-state index in [0.717, 1.165) is 5.56 Å². The first kappa shape index (κ1) is 25.3. The molecule has 6 rings (SSSR count). The fourth-order valence-corrected chi connectivity index (χ4v) is 5.58. The number of hydrogen-bond donors (Lipinski definition) is 1. The van der Waals surface area contributed by atoms with E-state index in [1.54, 1.807) is 59.4 Å². The first-order valence-electron chi connectivity index (χ1n) is 12.5. The minimum Gasteiger partial charge on any atom is -0.505 e. The second-order valence-corrected chi connectivity index (χ2v) is 10.0. The summed E-state index contributed by atoms with van der Waals surface area (Å²) in [6.07, 6.45) is 3.31. The van der Waals surface area contributed by atoms with Crippen LogP contribution in [0.3, 0.4) is 0 Å². The molecule has 1 amide bonds. The highest BCUT2D eigenvalue weighted by molar-refractivity contribution is 7.14. The standard InChI is InChI=1S/C30H24N4O5S/c1-18-25(33-14-7-6-10-23(33)32-18)27(35)24-26(34(29(37)28(24)36)30-31-13-15-40-30)20-11-12-21(22(16-20)38-2)39-17-19-8-4-3-5-9-19/h3-16,26,35H,17H2,1-2H3/b27-24+. The molecule has 200 valence electrons. The normalized spacial score (nSPS) is 16.6. The lowest BCUT2D eigenvalue weighted by Gasteiger charge is -2.24. The topological polar surface area (TPSA) is 106 Å². The number of aromatic nitrogens is 3. The smallest absolute Gasteiger partial charge is 0.301 e. The van der Waals surface area contributed by atoms with Gasteiger partial charge in [-0.2, -0.15) is 0 Å². The van der Waals surface area contributed by atoms with Gasteiger partial charge in [-0.05, 0) is 42.3 Å². The Balaban J connectivity index is 1.49. The van der Waals surface area contributed by atoms with Gasteiger partial charge in [0, 0.05) is 17.8 Å². The van der Waals surface area contributed by atoms with Gasteiger partial charge in [-0.15, -0.1) is 11.3 Å². The Bertz CT molecular complexity index is 1760. The van der Waals surface area contributed by atoms with Crippen molar-refractivity contribution >= 4 is 39.6 Å². The van der Waals surface area contributed by atoms with E-state index in [1.165, 1.54) is 23.3 Å². The van der Waals surface area contributed by atoms with Crippen LogP contribution in [0.5, 0.6) is 11.5 Å². The van der Waals surface area contributed by atoms with Gasteiger partial charge in [0.2, 0.25) is 0 Å². The number of aryl methyl sites for hydroxylation is 1. The molecule has 1 saturated heterocycles. The molecule has 1 N–H and O–H groups in total. The number of aliphatic hydroxyl groups is 1. The molecule has 5 aromatic rings. The molecular formula is C30H24N4O5S. The lowest BCUT2D eigenvalue weighted by Crippen LogP contribution is -2.29. The molecule has 2 aromatic carbocycles. The molecule has 0 aliphatic carbocycles. The first-order chi connectivity index (χ1) is 19.5. The maximum atomic E-state index is 13.5. The van der Waals surface area contributed by atoms with Gasteiger partial charge in [-0.25, -0.2) is 9.97 Å². The predicted molar refractivity (Wildman–Crippen MR) is 151 cm³/mol. The molecule has 1 aliphatic rings. The van der Waals surface area contributed by atoms with Crippen molar-refractivity contribution in [2.24, 2.45) is 0 Å². The molecule has 9 nitrogen and oxygen atoms in total. The third-order valence-corrected chi connectivity index (χ3v) is 7.51. The van der Waals surface area contributed by atoms with Crippen molar-refractivity contribution in [1.82, 2.24) is 14.4 Å². The summed E-state index contributed by atoms with van der Waals surface area (Å²) in [7, 11) is 1.52. The number of amides is 1. The van der Waals surface area contributed by atoms with Gasteiger partial charge in [0.15, 0.2) is 22.4 Å². The third kappa shape index (κ3) is 4.28. The second-order valence-electron chi connectivity index (χ2n) is 9.14. The molecule has 0 saturated carbocycles. The number of nitrogens with zero attached hydrogens (tertiary/aromatic N) is 4. The predicted octanol–water partition coefficient (Wildman–Crippen LogP) is 5.31. The van der Waals surface area contributed by atoms with Crippen molar-refractivity contribution in [2.45, 2.75) is 19.6 Å². The number of imidazole rings is 1. The van der Waals surface area contributed by atoms with Crippen LogP contribution >= 0.6 is 11.3 Å². The molecule has 0 bridgehead atoms.